The van der Waals surface area contributed by atoms with E-state index in [4.69, 9.17) is 15.3 Å². The van der Waals surface area contributed by atoms with Gasteiger partial charge in [-0.05, 0) is 27.7 Å². The van der Waals surface area contributed by atoms with Gasteiger partial charge in [-0.1, -0.05) is 0 Å². The first kappa shape index (κ1) is 19.2. The average molecular weight is 308 g/mol. The molecule has 0 aromatic heterocycles. The highest BCUT2D eigenvalue weighted by Gasteiger charge is 2.24. The second-order valence-electron chi connectivity index (χ2n) is 5.18. The van der Waals surface area contributed by atoms with Crippen molar-refractivity contribution in [1.29, 1.82) is 0 Å². The molecule has 0 heterocycles. The zero-order valence-electron chi connectivity index (χ0n) is 12.3. The second kappa shape index (κ2) is 9.17. The van der Waals surface area contributed by atoms with Gasteiger partial charge in [0.2, 0.25) is 0 Å². The maximum absolute atomic E-state index is 11.8. The lowest BCUT2D eigenvalue weighted by Gasteiger charge is -2.20. The van der Waals surface area contributed by atoms with Crippen LogP contribution >= 0.6 is 11.8 Å². The van der Waals surface area contributed by atoms with E-state index < -0.39 is 23.0 Å². The number of hydrogen-bond acceptors (Lipinski definition) is 7. The first-order chi connectivity index (χ1) is 9.17. The van der Waals surface area contributed by atoms with Crippen molar-refractivity contribution in [3.05, 3.63) is 0 Å². The summed E-state index contributed by atoms with van der Waals surface area (Å²) in [4.78, 5) is 27.9. The molecule has 8 heteroatoms. The van der Waals surface area contributed by atoms with Gasteiger partial charge in [-0.2, -0.15) is 5.48 Å². The number of nitrogens with one attached hydrogen (secondary N) is 1. The molecule has 0 spiro atoms. The van der Waals surface area contributed by atoms with Crippen molar-refractivity contribution >= 4 is 23.6 Å². The minimum Gasteiger partial charge on any atom is -0.442 e. The van der Waals surface area contributed by atoms with Gasteiger partial charge in [0.25, 0.3) is 0 Å². The van der Waals surface area contributed by atoms with Gasteiger partial charge in [0.05, 0.1) is 11.4 Å². The molecule has 2 unspecified atom stereocenters. The number of amides is 1. The molecule has 0 bridgehead atoms. The van der Waals surface area contributed by atoms with E-state index >= 15 is 0 Å². The number of hydroxylamine groups is 1. The van der Waals surface area contributed by atoms with Crippen LogP contribution in [0, 0.1) is 0 Å². The van der Waals surface area contributed by atoms with Crippen molar-refractivity contribution in [1.82, 2.24) is 5.48 Å². The summed E-state index contributed by atoms with van der Waals surface area (Å²) >= 11 is 1.26. The van der Waals surface area contributed by atoms with Crippen molar-refractivity contribution in [2.45, 2.75) is 44.6 Å². The standard InChI is InChI=1S/C12H24N2O5S/c1-8(15)10(20-6-5-13)9(16)7-18-14-11(17)19-12(2,3)4/h8,10,15H,5-7,13H2,1-4H3,(H,14,17). The highest BCUT2D eigenvalue weighted by Crippen LogP contribution is 2.15. The van der Waals surface area contributed by atoms with Crippen molar-refractivity contribution in [2.24, 2.45) is 5.73 Å². The maximum Gasteiger partial charge on any atom is 0.431 e. The van der Waals surface area contributed by atoms with Crippen molar-refractivity contribution in [2.75, 3.05) is 18.9 Å². The Hall–Kier alpha value is -0.830. The van der Waals surface area contributed by atoms with E-state index in [1.807, 2.05) is 5.48 Å². The van der Waals surface area contributed by atoms with E-state index in [-0.39, 0.29) is 12.4 Å². The second-order valence-corrected chi connectivity index (χ2v) is 6.43. The number of hydrogen-bond donors (Lipinski definition) is 3. The third-order valence-corrected chi connectivity index (χ3v) is 3.43. The molecule has 0 radical (unpaired) electrons. The van der Waals surface area contributed by atoms with Crippen LogP contribution in [-0.2, 0) is 14.4 Å². The van der Waals surface area contributed by atoms with E-state index in [1.54, 1.807) is 20.8 Å². The Bertz CT molecular complexity index is 317. The quantitative estimate of drug-likeness (QED) is 0.558. The zero-order chi connectivity index (χ0) is 15.8. The number of ether oxygens (including phenoxy) is 1. The molecule has 0 saturated carbocycles. The molecular formula is C12H24N2O5S. The van der Waals surface area contributed by atoms with Crippen molar-refractivity contribution in [3.8, 4) is 0 Å². The molecule has 0 aromatic rings. The highest BCUT2D eigenvalue weighted by molar-refractivity contribution is 8.00. The predicted octanol–water partition coefficient (Wildman–Crippen LogP) is 0.453. The van der Waals surface area contributed by atoms with Gasteiger partial charge in [-0.25, -0.2) is 4.79 Å². The normalized spacial score (nSPS) is 14.5. The molecule has 2 atom stereocenters. The number of nitrogens with two attached hydrogens (primary N) is 1. The number of ketones is 1. The van der Waals surface area contributed by atoms with E-state index in [0.29, 0.717) is 12.3 Å². The van der Waals surface area contributed by atoms with Crippen LogP contribution in [0.15, 0.2) is 0 Å². The van der Waals surface area contributed by atoms with Gasteiger partial charge < -0.3 is 15.6 Å². The van der Waals surface area contributed by atoms with Crippen LogP contribution in [0.5, 0.6) is 0 Å². The molecule has 20 heavy (non-hydrogen) atoms. The van der Waals surface area contributed by atoms with Crippen LogP contribution in [0.4, 0.5) is 4.79 Å². The Morgan fingerprint density at radius 3 is 2.45 bits per heavy atom. The Kier molecular flexibility index (Phi) is 8.79. The smallest absolute Gasteiger partial charge is 0.431 e. The summed E-state index contributed by atoms with van der Waals surface area (Å²) in [6.07, 6.45) is -1.59. The van der Waals surface area contributed by atoms with Gasteiger partial charge in [0.15, 0.2) is 5.78 Å². The third kappa shape index (κ3) is 9.13. The maximum atomic E-state index is 11.8. The number of aliphatic hydroxyl groups excluding tert-OH is 1. The monoisotopic (exact) mass is 308 g/mol. The highest BCUT2D eigenvalue weighted by atomic mass is 32.2. The van der Waals surface area contributed by atoms with Gasteiger partial charge in [0.1, 0.15) is 12.2 Å². The fourth-order valence-corrected chi connectivity index (χ4v) is 2.17. The summed E-state index contributed by atoms with van der Waals surface area (Å²) < 4.78 is 4.93. The number of aliphatic hydroxyl groups is 1. The van der Waals surface area contributed by atoms with Crippen LogP contribution in [0.3, 0.4) is 0 Å². The van der Waals surface area contributed by atoms with E-state index in [9.17, 15) is 14.7 Å². The summed E-state index contributed by atoms with van der Waals surface area (Å²) in [5.74, 6) is 0.232. The molecule has 1 amide bonds. The molecule has 0 aliphatic carbocycles. The summed E-state index contributed by atoms with van der Waals surface area (Å²) in [5, 5.41) is 8.89. The lowest BCUT2D eigenvalue weighted by molar-refractivity contribution is -0.126. The third-order valence-electron chi connectivity index (χ3n) is 1.94. The largest absolute Gasteiger partial charge is 0.442 e. The fraction of sp³-hybridized carbons (Fsp3) is 0.833. The topological polar surface area (TPSA) is 111 Å². The lowest BCUT2D eigenvalue weighted by Crippen LogP contribution is -2.37. The fourth-order valence-electron chi connectivity index (χ4n) is 1.24. The Balaban J connectivity index is 4.10. The van der Waals surface area contributed by atoms with Crippen molar-refractivity contribution < 1.29 is 24.3 Å². The summed E-state index contributed by atoms with van der Waals surface area (Å²) in [6, 6.07) is 0. The predicted molar refractivity (Wildman–Crippen MR) is 77.3 cm³/mol. The Labute approximate surface area is 123 Å². The van der Waals surface area contributed by atoms with Crippen LogP contribution in [0.2, 0.25) is 0 Å². The van der Waals surface area contributed by atoms with Gasteiger partial charge in [-0.15, -0.1) is 11.8 Å². The molecule has 0 fully saturated rings. The Morgan fingerprint density at radius 2 is 2.00 bits per heavy atom. The molecule has 7 nitrogen and oxygen atoms in total. The summed E-state index contributed by atoms with van der Waals surface area (Å²) in [6.45, 7) is 6.73. The van der Waals surface area contributed by atoms with Gasteiger partial charge >= 0.3 is 6.09 Å². The van der Waals surface area contributed by atoms with E-state index in [1.165, 1.54) is 18.7 Å². The molecule has 0 rings (SSSR count). The number of thioether (sulfide) groups is 1. The summed E-state index contributed by atoms with van der Waals surface area (Å²) in [5.41, 5.74) is 6.74. The van der Waals surface area contributed by atoms with Crippen LogP contribution in [0.25, 0.3) is 0 Å². The van der Waals surface area contributed by atoms with Crippen LogP contribution in [-0.4, -0.2) is 52.8 Å². The molecule has 0 aliphatic heterocycles. The lowest BCUT2D eigenvalue weighted by atomic mass is 10.2. The van der Waals surface area contributed by atoms with Crippen molar-refractivity contribution in [3.63, 3.8) is 0 Å². The molecular weight excluding hydrogens is 284 g/mol. The van der Waals surface area contributed by atoms with E-state index in [0.717, 1.165) is 0 Å². The Morgan fingerprint density at radius 1 is 1.40 bits per heavy atom. The zero-order valence-corrected chi connectivity index (χ0v) is 13.2. The number of carbonyl (C=O) groups excluding carboxylic acids is 2. The minimum absolute atomic E-state index is 0.325. The number of Topliss-reactive ketones (excluding diaryl/α,β-unsaturated/α-hetero) is 1. The van der Waals surface area contributed by atoms with Gasteiger partial charge in [0, 0.05) is 12.3 Å². The molecule has 0 saturated heterocycles. The first-order valence-corrected chi connectivity index (χ1v) is 7.35. The van der Waals surface area contributed by atoms with Gasteiger partial charge in [-0.3, -0.25) is 9.63 Å². The number of rotatable bonds is 8. The molecule has 0 aliphatic rings. The molecule has 4 N–H and O–H groups in total. The molecule has 118 valence electrons. The minimum atomic E-state index is -0.816. The first-order valence-electron chi connectivity index (χ1n) is 6.30. The van der Waals surface area contributed by atoms with E-state index in [2.05, 4.69) is 0 Å². The van der Waals surface area contributed by atoms with Crippen LogP contribution in [0.1, 0.15) is 27.7 Å². The number of carbonyl (C=O) groups is 2. The average Bonchev–Trinajstić information content (AvgIpc) is 2.26. The van der Waals surface area contributed by atoms with Crippen LogP contribution < -0.4 is 11.2 Å². The SMILES string of the molecule is CC(O)C(SCCN)C(=O)CONC(=O)OC(C)(C)C. The summed E-state index contributed by atoms with van der Waals surface area (Å²) in [7, 11) is 0. The molecule has 0 aromatic carbocycles.